The van der Waals surface area contributed by atoms with Crippen molar-refractivity contribution in [1.82, 2.24) is 4.90 Å². The zero-order valence-electron chi connectivity index (χ0n) is 17.3. The van der Waals surface area contributed by atoms with Crippen LogP contribution in [-0.4, -0.2) is 16.8 Å². The third kappa shape index (κ3) is 5.59. The molecule has 1 unspecified atom stereocenters. The molecule has 0 aliphatic carbocycles. The first kappa shape index (κ1) is 20.4. The zero-order chi connectivity index (χ0) is 20.7. The average Bonchev–Trinajstić information content (AvgIpc) is 2.74. The predicted molar refractivity (Wildman–Crippen MR) is 119 cm³/mol. The first-order valence-corrected chi connectivity index (χ1v) is 9.92. The Hall–Kier alpha value is -3.31. The number of rotatable bonds is 4. The van der Waals surface area contributed by atoms with Gasteiger partial charge in [0.1, 0.15) is 0 Å². The molecule has 0 spiro atoms. The summed E-state index contributed by atoms with van der Waals surface area (Å²) in [7, 11) is 0. The Morgan fingerprint density at radius 1 is 0.828 bits per heavy atom. The molecule has 0 saturated carbocycles. The predicted octanol–water partition coefficient (Wildman–Crippen LogP) is 5.80. The molecule has 1 atom stereocenters. The summed E-state index contributed by atoms with van der Waals surface area (Å²) < 4.78 is 0. The fourth-order valence-electron chi connectivity index (χ4n) is 3.24. The summed E-state index contributed by atoms with van der Waals surface area (Å²) in [5.74, 6) is 6.68. The lowest BCUT2D eigenvalue weighted by atomic mass is 9.85. The Kier molecular flexibility index (Phi) is 6.52. The lowest BCUT2D eigenvalue weighted by Gasteiger charge is -2.37. The molecule has 0 radical (unpaired) electrons. The van der Waals surface area contributed by atoms with E-state index in [9.17, 15) is 4.79 Å². The van der Waals surface area contributed by atoms with E-state index < -0.39 is 0 Å². The van der Waals surface area contributed by atoms with Gasteiger partial charge in [-0.15, -0.1) is 0 Å². The van der Waals surface area contributed by atoms with Gasteiger partial charge in [0.15, 0.2) is 0 Å². The molecule has 0 bridgehead atoms. The minimum absolute atomic E-state index is 0.00302. The topological polar surface area (TPSA) is 20.3 Å². The molecule has 3 aromatic carbocycles. The summed E-state index contributed by atoms with van der Waals surface area (Å²) in [6.07, 6.45) is 0. The van der Waals surface area contributed by atoms with Crippen LogP contribution in [0.3, 0.4) is 0 Å². The van der Waals surface area contributed by atoms with E-state index in [1.54, 1.807) is 0 Å². The van der Waals surface area contributed by atoms with E-state index in [4.69, 9.17) is 0 Å². The summed E-state index contributed by atoms with van der Waals surface area (Å²) in [5, 5.41) is 0. The quantitative estimate of drug-likeness (QED) is 0.523. The summed E-state index contributed by atoms with van der Waals surface area (Å²) >= 11 is 0. The van der Waals surface area contributed by atoms with Crippen molar-refractivity contribution in [3.8, 4) is 11.8 Å². The van der Waals surface area contributed by atoms with Gasteiger partial charge < -0.3 is 4.90 Å². The van der Waals surface area contributed by atoms with Crippen molar-refractivity contribution >= 4 is 5.91 Å². The normalized spacial score (nSPS) is 11.8. The van der Waals surface area contributed by atoms with Gasteiger partial charge in [0.25, 0.3) is 5.91 Å². The van der Waals surface area contributed by atoms with Crippen molar-refractivity contribution in [2.45, 2.75) is 33.4 Å². The Morgan fingerprint density at radius 3 is 1.90 bits per heavy atom. The van der Waals surface area contributed by atoms with Gasteiger partial charge in [-0.1, -0.05) is 99.3 Å². The maximum Gasteiger partial charge on any atom is 0.255 e. The van der Waals surface area contributed by atoms with E-state index in [2.05, 4.69) is 44.7 Å². The van der Waals surface area contributed by atoms with Crippen LogP contribution in [0.25, 0.3) is 0 Å². The monoisotopic (exact) mass is 381 g/mol. The maximum absolute atomic E-state index is 13.5. The van der Waals surface area contributed by atoms with E-state index in [1.165, 1.54) is 0 Å². The average molecular weight is 382 g/mol. The van der Waals surface area contributed by atoms with Gasteiger partial charge in [-0.25, -0.2) is 0 Å². The molecule has 2 nitrogen and oxygen atoms in total. The molecule has 1 amide bonds. The molecular formula is C27H27NO. The zero-order valence-corrected chi connectivity index (χ0v) is 17.3. The fourth-order valence-corrected chi connectivity index (χ4v) is 3.24. The summed E-state index contributed by atoms with van der Waals surface area (Å²) in [6, 6.07) is 29.2. The van der Waals surface area contributed by atoms with Crippen molar-refractivity contribution < 1.29 is 4.79 Å². The maximum atomic E-state index is 13.5. The highest BCUT2D eigenvalue weighted by molar-refractivity contribution is 5.94. The van der Waals surface area contributed by atoms with E-state index in [-0.39, 0.29) is 17.4 Å². The molecule has 3 rings (SSSR count). The van der Waals surface area contributed by atoms with Crippen LogP contribution in [0.4, 0.5) is 0 Å². The van der Waals surface area contributed by atoms with Crippen LogP contribution in [0.5, 0.6) is 0 Å². The van der Waals surface area contributed by atoms with Crippen molar-refractivity contribution in [3.63, 3.8) is 0 Å². The van der Waals surface area contributed by atoms with Crippen LogP contribution >= 0.6 is 0 Å². The number of hydrogen-bond acceptors (Lipinski definition) is 1. The summed E-state index contributed by atoms with van der Waals surface area (Å²) in [4.78, 5) is 15.4. The molecule has 0 fully saturated rings. The number of nitrogens with zero attached hydrogens (tertiary/aromatic N) is 1. The van der Waals surface area contributed by atoms with Crippen LogP contribution in [0, 0.1) is 17.3 Å². The Labute approximate surface area is 174 Å². The molecule has 29 heavy (non-hydrogen) atoms. The third-order valence-corrected chi connectivity index (χ3v) is 4.74. The van der Waals surface area contributed by atoms with Gasteiger partial charge in [0, 0.05) is 17.7 Å². The van der Waals surface area contributed by atoms with Crippen LogP contribution in [0.2, 0.25) is 0 Å². The van der Waals surface area contributed by atoms with E-state index >= 15 is 0 Å². The van der Waals surface area contributed by atoms with E-state index in [1.807, 2.05) is 83.8 Å². The summed E-state index contributed by atoms with van der Waals surface area (Å²) in [6.45, 7) is 6.91. The highest BCUT2D eigenvalue weighted by Crippen LogP contribution is 2.27. The largest absolute Gasteiger partial charge is 0.320 e. The van der Waals surface area contributed by atoms with Gasteiger partial charge in [-0.05, 0) is 35.2 Å². The van der Waals surface area contributed by atoms with Gasteiger partial charge in [-0.3, -0.25) is 4.79 Å². The Balaban J connectivity index is 2.02. The molecule has 0 heterocycles. The smallest absolute Gasteiger partial charge is 0.255 e. The van der Waals surface area contributed by atoms with Gasteiger partial charge in [0.05, 0.1) is 6.04 Å². The van der Waals surface area contributed by atoms with Crippen LogP contribution in [0.15, 0.2) is 91.0 Å². The van der Waals surface area contributed by atoms with Crippen molar-refractivity contribution in [2.75, 3.05) is 0 Å². The minimum Gasteiger partial charge on any atom is -0.320 e. The standard InChI is InChI=1S/C27H27NO/c1-27(2,3)25(20-19-22-13-7-4-8-14-22)28(21-23-15-9-5-10-16-23)26(29)24-17-11-6-12-18-24/h4-18,25H,21H2,1-3H3. The lowest BCUT2D eigenvalue weighted by molar-refractivity contribution is 0.0595. The minimum atomic E-state index is -0.240. The fraction of sp³-hybridized carbons (Fsp3) is 0.222. The first-order valence-electron chi connectivity index (χ1n) is 9.92. The molecular weight excluding hydrogens is 354 g/mol. The van der Waals surface area contributed by atoms with Crippen LogP contribution in [0.1, 0.15) is 42.3 Å². The second kappa shape index (κ2) is 9.26. The van der Waals surface area contributed by atoms with Crippen molar-refractivity contribution in [1.29, 1.82) is 0 Å². The molecule has 0 aromatic heterocycles. The van der Waals surface area contributed by atoms with Crippen LogP contribution < -0.4 is 0 Å². The van der Waals surface area contributed by atoms with Crippen molar-refractivity contribution in [3.05, 3.63) is 108 Å². The van der Waals surface area contributed by atoms with Gasteiger partial charge in [0.2, 0.25) is 0 Å². The molecule has 3 aromatic rings. The van der Waals surface area contributed by atoms with Crippen molar-refractivity contribution in [2.24, 2.45) is 5.41 Å². The summed E-state index contributed by atoms with van der Waals surface area (Å²) in [5.41, 5.74) is 2.52. The van der Waals surface area contributed by atoms with E-state index in [0.717, 1.165) is 11.1 Å². The van der Waals surface area contributed by atoms with Gasteiger partial charge in [-0.2, -0.15) is 0 Å². The van der Waals surface area contributed by atoms with E-state index in [0.29, 0.717) is 12.1 Å². The molecule has 146 valence electrons. The Bertz CT molecular complexity index is 977. The second-order valence-corrected chi connectivity index (χ2v) is 8.19. The van der Waals surface area contributed by atoms with Crippen LogP contribution in [-0.2, 0) is 6.54 Å². The molecule has 0 aliphatic rings. The second-order valence-electron chi connectivity index (χ2n) is 8.19. The SMILES string of the molecule is CC(C)(C)C(C#Cc1ccccc1)N(Cc1ccccc1)C(=O)c1ccccc1. The molecule has 0 saturated heterocycles. The molecule has 0 N–H and O–H groups in total. The highest BCUT2D eigenvalue weighted by atomic mass is 16.2. The molecule has 2 heteroatoms. The molecule has 0 aliphatic heterocycles. The Morgan fingerprint density at radius 2 is 1.34 bits per heavy atom. The number of amides is 1. The van der Waals surface area contributed by atoms with Gasteiger partial charge >= 0.3 is 0 Å². The number of hydrogen-bond donors (Lipinski definition) is 0. The number of carbonyl (C=O) groups is 1. The number of benzene rings is 3. The number of carbonyl (C=O) groups excluding carboxylic acids is 1. The lowest BCUT2D eigenvalue weighted by Crippen LogP contribution is -2.46. The highest BCUT2D eigenvalue weighted by Gasteiger charge is 2.32. The first-order chi connectivity index (χ1) is 13.9. The third-order valence-electron chi connectivity index (χ3n) is 4.74.